The van der Waals surface area contributed by atoms with Crippen molar-refractivity contribution in [2.45, 2.75) is 13.5 Å². The van der Waals surface area contributed by atoms with Crippen LogP contribution in [0.2, 0.25) is 0 Å². The summed E-state index contributed by atoms with van der Waals surface area (Å²) in [4.78, 5) is 12.4. The van der Waals surface area contributed by atoms with Crippen molar-refractivity contribution < 1.29 is 0 Å². The van der Waals surface area contributed by atoms with Gasteiger partial charge in [-0.15, -0.1) is 5.10 Å². The third kappa shape index (κ3) is 2.90. The van der Waals surface area contributed by atoms with E-state index in [4.69, 9.17) is 0 Å². The van der Waals surface area contributed by atoms with Crippen molar-refractivity contribution in [3.05, 3.63) is 47.9 Å². The smallest absolute Gasteiger partial charge is 0.151 e. The standard InChI is InChI=1S/C17H20N6/c1-13-4-5-16(21-20-13)23-9-7-22(8-10-23)12-14-11-19-17-15(14)3-2-6-18-17/h2-6,11H,7-10,12H2,1H3,(H,18,19). The van der Waals surface area contributed by atoms with Crippen LogP contribution in [0.25, 0.3) is 11.0 Å². The monoisotopic (exact) mass is 308 g/mol. The van der Waals surface area contributed by atoms with Gasteiger partial charge in [-0.3, -0.25) is 4.90 Å². The van der Waals surface area contributed by atoms with Gasteiger partial charge in [0.25, 0.3) is 0 Å². The largest absolute Gasteiger partial charge is 0.353 e. The lowest BCUT2D eigenvalue weighted by Gasteiger charge is -2.35. The molecule has 1 N–H and O–H groups in total. The molecular weight excluding hydrogens is 288 g/mol. The summed E-state index contributed by atoms with van der Waals surface area (Å²) in [6.07, 6.45) is 3.90. The molecular formula is C17H20N6. The van der Waals surface area contributed by atoms with E-state index in [-0.39, 0.29) is 0 Å². The lowest BCUT2D eigenvalue weighted by molar-refractivity contribution is 0.250. The van der Waals surface area contributed by atoms with Gasteiger partial charge in [-0.2, -0.15) is 5.10 Å². The minimum Gasteiger partial charge on any atom is -0.353 e. The number of fused-ring (bicyclic) bond motifs is 1. The maximum absolute atomic E-state index is 4.36. The third-order valence-electron chi connectivity index (χ3n) is 4.41. The molecule has 0 radical (unpaired) electrons. The fraction of sp³-hybridized carbons (Fsp3) is 0.353. The zero-order valence-electron chi connectivity index (χ0n) is 13.2. The summed E-state index contributed by atoms with van der Waals surface area (Å²) in [5.74, 6) is 0.978. The third-order valence-corrected chi connectivity index (χ3v) is 4.41. The van der Waals surface area contributed by atoms with Crippen molar-refractivity contribution >= 4 is 16.9 Å². The summed E-state index contributed by atoms with van der Waals surface area (Å²) in [5, 5.41) is 9.66. The van der Waals surface area contributed by atoms with Crippen LogP contribution in [0.5, 0.6) is 0 Å². The van der Waals surface area contributed by atoms with E-state index in [1.165, 1.54) is 10.9 Å². The normalized spacial score (nSPS) is 16.1. The highest BCUT2D eigenvalue weighted by Gasteiger charge is 2.19. The number of nitrogens with one attached hydrogen (secondary N) is 1. The number of aryl methyl sites for hydroxylation is 1. The van der Waals surface area contributed by atoms with E-state index in [2.05, 4.69) is 48.3 Å². The van der Waals surface area contributed by atoms with Gasteiger partial charge < -0.3 is 9.88 Å². The second kappa shape index (κ2) is 5.96. The van der Waals surface area contributed by atoms with Crippen molar-refractivity contribution in [2.24, 2.45) is 0 Å². The van der Waals surface area contributed by atoms with Crippen LogP contribution in [-0.4, -0.2) is 51.2 Å². The number of pyridine rings is 1. The number of aromatic amines is 1. The molecule has 0 aromatic carbocycles. The van der Waals surface area contributed by atoms with Gasteiger partial charge in [0.2, 0.25) is 0 Å². The highest BCUT2D eigenvalue weighted by atomic mass is 15.3. The lowest BCUT2D eigenvalue weighted by atomic mass is 10.2. The maximum atomic E-state index is 4.36. The average Bonchev–Trinajstić information content (AvgIpc) is 3.00. The molecule has 118 valence electrons. The second-order valence-corrected chi connectivity index (χ2v) is 6.01. The molecule has 1 aliphatic rings. The molecule has 4 rings (SSSR count). The van der Waals surface area contributed by atoms with Crippen LogP contribution in [0, 0.1) is 6.92 Å². The maximum Gasteiger partial charge on any atom is 0.151 e. The average molecular weight is 308 g/mol. The second-order valence-electron chi connectivity index (χ2n) is 6.01. The van der Waals surface area contributed by atoms with Crippen LogP contribution in [-0.2, 0) is 6.54 Å². The topological polar surface area (TPSA) is 60.9 Å². The first-order valence-electron chi connectivity index (χ1n) is 7.98. The van der Waals surface area contributed by atoms with Gasteiger partial charge in [0.15, 0.2) is 5.82 Å². The molecule has 0 aliphatic carbocycles. The van der Waals surface area contributed by atoms with Gasteiger partial charge in [-0.25, -0.2) is 4.98 Å². The Morgan fingerprint density at radius 1 is 1.09 bits per heavy atom. The summed E-state index contributed by atoms with van der Waals surface area (Å²) in [6, 6.07) is 8.21. The number of anilines is 1. The first-order chi connectivity index (χ1) is 11.3. The van der Waals surface area contributed by atoms with Crippen LogP contribution in [0.3, 0.4) is 0 Å². The van der Waals surface area contributed by atoms with Gasteiger partial charge in [0, 0.05) is 50.5 Å². The number of piperazine rings is 1. The van der Waals surface area contributed by atoms with Crippen molar-refractivity contribution in [3.8, 4) is 0 Å². The van der Waals surface area contributed by atoms with Gasteiger partial charge in [-0.05, 0) is 36.8 Å². The predicted molar refractivity (Wildman–Crippen MR) is 90.4 cm³/mol. The molecule has 1 fully saturated rings. The SMILES string of the molecule is Cc1ccc(N2CCN(Cc3c[nH]c4ncccc34)CC2)nn1. The predicted octanol–water partition coefficient (Wildman–Crippen LogP) is 1.98. The molecule has 0 saturated carbocycles. The number of hydrogen-bond acceptors (Lipinski definition) is 5. The van der Waals surface area contributed by atoms with Crippen LogP contribution in [0.1, 0.15) is 11.3 Å². The quantitative estimate of drug-likeness (QED) is 0.802. The molecule has 0 atom stereocenters. The molecule has 6 heteroatoms. The van der Waals surface area contributed by atoms with Crippen molar-refractivity contribution in [1.29, 1.82) is 0 Å². The van der Waals surface area contributed by atoms with Crippen molar-refractivity contribution in [3.63, 3.8) is 0 Å². The first kappa shape index (κ1) is 14.1. The lowest BCUT2D eigenvalue weighted by Crippen LogP contribution is -2.46. The Bertz CT molecular complexity index is 786. The highest BCUT2D eigenvalue weighted by Crippen LogP contribution is 2.19. The fourth-order valence-electron chi connectivity index (χ4n) is 3.08. The Balaban J connectivity index is 1.41. The summed E-state index contributed by atoms with van der Waals surface area (Å²) in [5.41, 5.74) is 3.24. The number of hydrogen-bond donors (Lipinski definition) is 1. The minimum atomic E-state index is 0.957. The van der Waals surface area contributed by atoms with E-state index in [0.29, 0.717) is 0 Å². The zero-order valence-corrected chi connectivity index (χ0v) is 13.2. The Kier molecular flexibility index (Phi) is 3.67. The number of H-pyrrole nitrogens is 1. The van der Waals surface area contributed by atoms with Crippen molar-refractivity contribution in [2.75, 3.05) is 31.1 Å². The molecule has 0 bridgehead atoms. The summed E-state index contributed by atoms with van der Waals surface area (Å²) < 4.78 is 0. The molecule has 3 aromatic rings. The molecule has 3 aromatic heterocycles. The first-order valence-corrected chi connectivity index (χ1v) is 7.98. The fourth-order valence-corrected chi connectivity index (χ4v) is 3.08. The van der Waals surface area contributed by atoms with Crippen LogP contribution < -0.4 is 4.90 Å². The molecule has 1 saturated heterocycles. The Morgan fingerprint density at radius 2 is 1.96 bits per heavy atom. The van der Waals surface area contributed by atoms with Crippen molar-refractivity contribution in [1.82, 2.24) is 25.1 Å². The molecule has 23 heavy (non-hydrogen) atoms. The summed E-state index contributed by atoms with van der Waals surface area (Å²) in [7, 11) is 0. The van der Waals surface area contributed by atoms with Gasteiger partial charge in [0.1, 0.15) is 5.65 Å². The molecule has 0 unspecified atom stereocenters. The highest BCUT2D eigenvalue weighted by molar-refractivity contribution is 5.79. The van der Waals surface area contributed by atoms with E-state index in [9.17, 15) is 0 Å². The molecule has 1 aliphatic heterocycles. The van der Waals surface area contributed by atoms with E-state index < -0.39 is 0 Å². The van der Waals surface area contributed by atoms with Crippen LogP contribution >= 0.6 is 0 Å². The van der Waals surface area contributed by atoms with Crippen LogP contribution in [0.4, 0.5) is 5.82 Å². The molecule has 4 heterocycles. The minimum absolute atomic E-state index is 0.957. The van der Waals surface area contributed by atoms with E-state index in [1.54, 1.807) is 0 Å². The Morgan fingerprint density at radius 3 is 2.74 bits per heavy atom. The molecule has 6 nitrogen and oxygen atoms in total. The van der Waals surface area contributed by atoms with Gasteiger partial charge in [-0.1, -0.05) is 0 Å². The van der Waals surface area contributed by atoms with E-state index in [1.807, 2.05) is 25.3 Å². The Labute approximate surface area is 135 Å². The number of nitrogens with zero attached hydrogens (tertiary/aromatic N) is 5. The summed E-state index contributed by atoms with van der Waals surface area (Å²) >= 11 is 0. The molecule has 0 spiro atoms. The zero-order chi connectivity index (χ0) is 15.6. The number of aromatic nitrogens is 4. The van der Waals surface area contributed by atoms with E-state index >= 15 is 0 Å². The van der Waals surface area contributed by atoms with E-state index in [0.717, 1.165) is 49.9 Å². The number of rotatable bonds is 3. The Hall–Kier alpha value is -2.47. The summed E-state index contributed by atoms with van der Waals surface area (Å²) in [6.45, 7) is 6.95. The van der Waals surface area contributed by atoms with Gasteiger partial charge >= 0.3 is 0 Å². The van der Waals surface area contributed by atoms with Gasteiger partial charge in [0.05, 0.1) is 5.69 Å². The molecule has 0 amide bonds. The van der Waals surface area contributed by atoms with Crippen LogP contribution in [0.15, 0.2) is 36.7 Å².